The van der Waals surface area contributed by atoms with Crippen molar-refractivity contribution >= 4 is 33.0 Å². The van der Waals surface area contributed by atoms with Crippen molar-refractivity contribution in [3.63, 3.8) is 0 Å². The molecule has 2 N–H and O–H groups in total. The minimum absolute atomic E-state index is 0.0478. The molecule has 1 atom stereocenters. The van der Waals surface area contributed by atoms with Crippen molar-refractivity contribution in [2.24, 2.45) is 5.73 Å². The number of rotatable bonds is 6. The second-order valence-electron chi connectivity index (χ2n) is 4.54. The zero-order valence-electron chi connectivity index (χ0n) is 10.8. The van der Waals surface area contributed by atoms with E-state index >= 15 is 0 Å². The molecule has 0 aliphatic carbocycles. The van der Waals surface area contributed by atoms with E-state index in [0.717, 1.165) is 11.8 Å². The topological polar surface area (TPSA) is 69.4 Å². The lowest BCUT2D eigenvalue weighted by Gasteiger charge is -2.15. The highest BCUT2D eigenvalue weighted by Gasteiger charge is 2.13. The van der Waals surface area contributed by atoms with Gasteiger partial charge in [0.25, 0.3) is 0 Å². The van der Waals surface area contributed by atoms with E-state index in [9.17, 15) is 8.42 Å². The Balaban J connectivity index is 2.91. The predicted molar refractivity (Wildman–Crippen MR) is 79.0 cm³/mol. The Morgan fingerprint density at radius 3 is 2.53 bits per heavy atom. The van der Waals surface area contributed by atoms with Gasteiger partial charge in [0.1, 0.15) is 12.4 Å². The molecule has 0 saturated heterocycles. The van der Waals surface area contributed by atoms with Crippen molar-refractivity contribution in [3.8, 4) is 5.75 Å². The van der Waals surface area contributed by atoms with Gasteiger partial charge in [0.15, 0.2) is 9.84 Å². The van der Waals surface area contributed by atoms with Crippen LogP contribution in [0.3, 0.4) is 0 Å². The molecule has 19 heavy (non-hydrogen) atoms. The van der Waals surface area contributed by atoms with Crippen molar-refractivity contribution in [2.75, 3.05) is 18.6 Å². The molecule has 0 spiro atoms. The molecule has 0 radical (unpaired) electrons. The number of halogens is 2. The van der Waals surface area contributed by atoms with Crippen LogP contribution in [-0.4, -0.2) is 33.1 Å². The van der Waals surface area contributed by atoms with E-state index in [1.165, 1.54) is 0 Å². The van der Waals surface area contributed by atoms with Crippen LogP contribution in [-0.2, 0) is 16.3 Å². The van der Waals surface area contributed by atoms with Gasteiger partial charge in [-0.15, -0.1) is 0 Å². The maximum atomic E-state index is 11.1. The van der Waals surface area contributed by atoms with Crippen molar-refractivity contribution in [1.82, 2.24) is 0 Å². The first-order valence-corrected chi connectivity index (χ1v) is 8.54. The van der Waals surface area contributed by atoms with E-state index in [0.29, 0.717) is 22.2 Å². The first-order valence-electron chi connectivity index (χ1n) is 5.73. The van der Waals surface area contributed by atoms with Crippen LogP contribution in [0.25, 0.3) is 0 Å². The van der Waals surface area contributed by atoms with Gasteiger partial charge in [-0.05, 0) is 31.0 Å². The molecule has 108 valence electrons. The summed E-state index contributed by atoms with van der Waals surface area (Å²) >= 11 is 12.0. The zero-order valence-corrected chi connectivity index (χ0v) is 13.1. The molecule has 0 bridgehead atoms. The number of hydrogen-bond acceptors (Lipinski definition) is 4. The standard InChI is InChI=1S/C12H17Cl2NO3S/c1-8(15)5-9-6-10(13)7-11(14)12(9)18-3-4-19(2,16)17/h6-8H,3-5,15H2,1-2H3. The smallest absolute Gasteiger partial charge is 0.150 e. The molecule has 0 heterocycles. The van der Waals surface area contributed by atoms with E-state index in [1.807, 2.05) is 6.92 Å². The summed E-state index contributed by atoms with van der Waals surface area (Å²) in [7, 11) is -3.07. The highest BCUT2D eigenvalue weighted by atomic mass is 35.5. The molecular weight excluding hydrogens is 309 g/mol. The average Bonchev–Trinajstić information content (AvgIpc) is 2.19. The number of hydrogen-bond donors (Lipinski definition) is 1. The van der Waals surface area contributed by atoms with E-state index in [2.05, 4.69) is 0 Å². The van der Waals surface area contributed by atoms with Gasteiger partial charge >= 0.3 is 0 Å². The lowest BCUT2D eigenvalue weighted by Crippen LogP contribution is -2.19. The van der Waals surface area contributed by atoms with Crippen molar-refractivity contribution in [3.05, 3.63) is 27.7 Å². The normalized spacial score (nSPS) is 13.3. The molecule has 0 aromatic heterocycles. The third kappa shape index (κ3) is 5.99. The zero-order chi connectivity index (χ0) is 14.6. The van der Waals surface area contributed by atoms with Gasteiger partial charge in [-0.3, -0.25) is 0 Å². The molecule has 1 aromatic carbocycles. The second-order valence-corrected chi connectivity index (χ2v) is 7.64. The first kappa shape index (κ1) is 16.6. The highest BCUT2D eigenvalue weighted by Crippen LogP contribution is 2.33. The third-order valence-corrected chi connectivity index (χ3v) is 3.73. The van der Waals surface area contributed by atoms with Crippen LogP contribution in [0.4, 0.5) is 0 Å². The van der Waals surface area contributed by atoms with Gasteiger partial charge < -0.3 is 10.5 Å². The van der Waals surface area contributed by atoms with Crippen LogP contribution in [0, 0.1) is 0 Å². The largest absolute Gasteiger partial charge is 0.491 e. The van der Waals surface area contributed by atoms with Gasteiger partial charge in [0.2, 0.25) is 0 Å². The monoisotopic (exact) mass is 325 g/mol. The summed E-state index contributed by atoms with van der Waals surface area (Å²) in [6.45, 7) is 1.90. The van der Waals surface area contributed by atoms with Gasteiger partial charge in [-0.25, -0.2) is 8.42 Å². The van der Waals surface area contributed by atoms with Crippen LogP contribution < -0.4 is 10.5 Å². The molecule has 4 nitrogen and oxygen atoms in total. The summed E-state index contributed by atoms with van der Waals surface area (Å²) in [5.41, 5.74) is 6.53. The quantitative estimate of drug-likeness (QED) is 0.871. The third-order valence-electron chi connectivity index (χ3n) is 2.33. The molecule has 0 amide bonds. The van der Waals surface area contributed by atoms with Crippen molar-refractivity contribution in [1.29, 1.82) is 0 Å². The summed E-state index contributed by atoms with van der Waals surface area (Å²) in [6.07, 6.45) is 1.71. The van der Waals surface area contributed by atoms with Crippen LogP contribution in [0.15, 0.2) is 12.1 Å². The van der Waals surface area contributed by atoms with Crippen molar-refractivity contribution in [2.45, 2.75) is 19.4 Å². The highest BCUT2D eigenvalue weighted by molar-refractivity contribution is 7.90. The number of sulfone groups is 1. The van der Waals surface area contributed by atoms with E-state index in [4.69, 9.17) is 33.7 Å². The van der Waals surface area contributed by atoms with E-state index in [-0.39, 0.29) is 18.4 Å². The van der Waals surface area contributed by atoms with Gasteiger partial charge in [0, 0.05) is 17.3 Å². The SMILES string of the molecule is CC(N)Cc1cc(Cl)cc(Cl)c1OCCS(C)(=O)=O. The van der Waals surface area contributed by atoms with Gasteiger partial charge in [-0.1, -0.05) is 23.2 Å². The molecule has 7 heteroatoms. The number of benzene rings is 1. The van der Waals surface area contributed by atoms with Crippen LogP contribution >= 0.6 is 23.2 Å². The molecule has 1 aromatic rings. The Kier molecular flexibility index (Phi) is 5.92. The molecular formula is C12H17Cl2NO3S. The van der Waals surface area contributed by atoms with E-state index < -0.39 is 9.84 Å². The lowest BCUT2D eigenvalue weighted by molar-refractivity contribution is 0.337. The summed E-state index contributed by atoms with van der Waals surface area (Å²) in [5, 5.41) is 0.854. The Morgan fingerprint density at radius 1 is 1.37 bits per heavy atom. The fraction of sp³-hybridized carbons (Fsp3) is 0.500. The fourth-order valence-corrected chi connectivity index (χ4v) is 2.55. The summed E-state index contributed by atoms with van der Waals surface area (Å²) in [5.74, 6) is 0.385. The summed E-state index contributed by atoms with van der Waals surface area (Å²) in [4.78, 5) is 0. The van der Waals surface area contributed by atoms with E-state index in [1.54, 1.807) is 12.1 Å². The van der Waals surface area contributed by atoms with Gasteiger partial charge in [-0.2, -0.15) is 0 Å². The summed E-state index contributed by atoms with van der Waals surface area (Å²) < 4.78 is 27.6. The minimum atomic E-state index is -3.07. The molecule has 0 aliphatic rings. The summed E-state index contributed by atoms with van der Waals surface area (Å²) in [6, 6.07) is 3.21. The fourth-order valence-electron chi connectivity index (χ4n) is 1.57. The van der Waals surface area contributed by atoms with Crippen LogP contribution in [0.5, 0.6) is 5.75 Å². The Hall–Kier alpha value is -0.490. The van der Waals surface area contributed by atoms with Crippen LogP contribution in [0.2, 0.25) is 10.0 Å². The molecule has 1 rings (SSSR count). The first-order chi connectivity index (χ1) is 8.69. The molecule has 0 fully saturated rings. The Bertz CT molecular complexity index is 544. The predicted octanol–water partition coefficient (Wildman–Crippen LogP) is 2.31. The maximum absolute atomic E-state index is 11.1. The Morgan fingerprint density at radius 2 is 2.00 bits per heavy atom. The Labute approximate surface area is 123 Å². The van der Waals surface area contributed by atoms with Crippen LogP contribution in [0.1, 0.15) is 12.5 Å². The van der Waals surface area contributed by atoms with Gasteiger partial charge in [0.05, 0.1) is 10.8 Å². The number of ether oxygens (including phenoxy) is 1. The molecule has 1 unspecified atom stereocenters. The van der Waals surface area contributed by atoms with Crippen molar-refractivity contribution < 1.29 is 13.2 Å². The minimum Gasteiger partial charge on any atom is -0.491 e. The average molecular weight is 326 g/mol. The number of nitrogens with two attached hydrogens (primary N) is 1. The maximum Gasteiger partial charge on any atom is 0.150 e. The molecule has 0 saturated carbocycles. The lowest BCUT2D eigenvalue weighted by atomic mass is 10.1. The second kappa shape index (κ2) is 6.79. The molecule has 0 aliphatic heterocycles.